The highest BCUT2D eigenvalue weighted by Gasteiger charge is 2.51. The van der Waals surface area contributed by atoms with Crippen LogP contribution in [0.15, 0.2) is 24.3 Å². The van der Waals surface area contributed by atoms with Crippen LogP contribution in [0, 0.1) is 5.41 Å². The zero-order chi connectivity index (χ0) is 20.4. The fourth-order valence-corrected chi connectivity index (χ4v) is 4.12. The Morgan fingerprint density at radius 3 is 2.97 bits per heavy atom. The van der Waals surface area contributed by atoms with E-state index in [4.69, 9.17) is 9.47 Å². The smallest absolute Gasteiger partial charge is 0.274 e. The molecule has 1 fully saturated rings. The number of carbonyl (C=O) groups is 2. The fraction of sp³-hybridized carbons (Fsp3) is 0.476. The largest absolute Gasteiger partial charge is 0.497 e. The van der Waals surface area contributed by atoms with Crippen molar-refractivity contribution in [2.24, 2.45) is 5.41 Å². The summed E-state index contributed by atoms with van der Waals surface area (Å²) >= 11 is 0. The number of nitrogens with zero attached hydrogens (tertiary/aromatic N) is 2. The molecule has 1 saturated heterocycles. The number of aromatic nitrogens is 2. The Hall–Kier alpha value is -2.87. The van der Waals surface area contributed by atoms with Gasteiger partial charge in [-0.1, -0.05) is 12.1 Å². The number of rotatable bonds is 6. The number of methoxy groups -OCH3 is 1. The maximum Gasteiger partial charge on any atom is 0.274 e. The summed E-state index contributed by atoms with van der Waals surface area (Å²) in [6.45, 7) is 4.19. The molecule has 2 aliphatic heterocycles. The van der Waals surface area contributed by atoms with Crippen LogP contribution in [0.25, 0.3) is 0 Å². The SMILES string of the molecule is CCNC(=O)C1(Cc2cccc(OC)c2)CN(C(=O)c2n[nH]c3c2COCC3)C1. The Labute approximate surface area is 169 Å². The number of H-pyrrole nitrogens is 1. The van der Waals surface area contributed by atoms with Gasteiger partial charge in [-0.05, 0) is 31.0 Å². The third kappa shape index (κ3) is 3.60. The zero-order valence-electron chi connectivity index (χ0n) is 16.8. The summed E-state index contributed by atoms with van der Waals surface area (Å²) in [6, 6.07) is 7.71. The molecule has 8 nitrogen and oxygen atoms in total. The third-order valence-corrected chi connectivity index (χ3v) is 5.67. The second-order valence-electron chi connectivity index (χ2n) is 7.66. The van der Waals surface area contributed by atoms with Gasteiger partial charge in [-0.25, -0.2) is 0 Å². The highest BCUT2D eigenvalue weighted by Crippen LogP contribution is 2.36. The van der Waals surface area contributed by atoms with Gasteiger partial charge in [0.05, 0.1) is 25.7 Å². The highest BCUT2D eigenvalue weighted by molar-refractivity contribution is 5.96. The lowest BCUT2D eigenvalue weighted by Gasteiger charge is -2.48. The van der Waals surface area contributed by atoms with Gasteiger partial charge in [0.2, 0.25) is 5.91 Å². The van der Waals surface area contributed by atoms with Crippen molar-refractivity contribution >= 4 is 11.8 Å². The van der Waals surface area contributed by atoms with Crippen LogP contribution < -0.4 is 10.1 Å². The molecule has 0 bridgehead atoms. The van der Waals surface area contributed by atoms with Crippen molar-refractivity contribution in [2.45, 2.75) is 26.4 Å². The second kappa shape index (κ2) is 7.87. The van der Waals surface area contributed by atoms with E-state index in [-0.39, 0.29) is 11.8 Å². The lowest BCUT2D eigenvalue weighted by atomic mass is 9.73. The van der Waals surface area contributed by atoms with Gasteiger partial charge in [0.25, 0.3) is 5.91 Å². The first kappa shape index (κ1) is 19.4. The van der Waals surface area contributed by atoms with E-state index in [0.717, 1.165) is 29.0 Å². The Morgan fingerprint density at radius 1 is 1.38 bits per heavy atom. The summed E-state index contributed by atoms with van der Waals surface area (Å²) < 4.78 is 10.8. The highest BCUT2D eigenvalue weighted by atomic mass is 16.5. The number of ether oxygens (including phenoxy) is 2. The maximum atomic E-state index is 13.0. The topological polar surface area (TPSA) is 96.5 Å². The first-order chi connectivity index (χ1) is 14.1. The second-order valence-corrected chi connectivity index (χ2v) is 7.66. The molecule has 0 atom stereocenters. The lowest BCUT2D eigenvalue weighted by molar-refractivity contribution is -0.139. The molecule has 29 heavy (non-hydrogen) atoms. The number of fused-ring (bicyclic) bond motifs is 1. The number of hydrogen-bond donors (Lipinski definition) is 2. The summed E-state index contributed by atoms with van der Waals surface area (Å²) in [5.74, 6) is 0.571. The summed E-state index contributed by atoms with van der Waals surface area (Å²) in [5.41, 5.74) is 2.57. The van der Waals surface area contributed by atoms with E-state index in [1.165, 1.54) is 0 Å². The molecule has 2 amide bonds. The number of amides is 2. The van der Waals surface area contributed by atoms with Crippen LogP contribution in [0.3, 0.4) is 0 Å². The van der Waals surface area contributed by atoms with Crippen molar-refractivity contribution in [3.8, 4) is 5.75 Å². The lowest BCUT2D eigenvalue weighted by Crippen LogP contribution is -2.65. The Kier molecular flexibility index (Phi) is 5.27. The van der Waals surface area contributed by atoms with Gasteiger partial charge in [-0.3, -0.25) is 14.7 Å². The molecule has 1 aromatic carbocycles. The minimum Gasteiger partial charge on any atom is -0.497 e. The van der Waals surface area contributed by atoms with Gasteiger partial charge in [-0.15, -0.1) is 0 Å². The van der Waals surface area contributed by atoms with Crippen molar-refractivity contribution in [3.63, 3.8) is 0 Å². The molecule has 1 aromatic heterocycles. The van der Waals surface area contributed by atoms with Gasteiger partial charge < -0.3 is 19.7 Å². The van der Waals surface area contributed by atoms with Crippen molar-refractivity contribution < 1.29 is 19.1 Å². The molecule has 2 N–H and O–H groups in total. The number of likely N-dealkylation sites (tertiary alicyclic amines) is 1. The molecular weight excluding hydrogens is 372 g/mol. The predicted molar refractivity (Wildman–Crippen MR) is 106 cm³/mol. The molecule has 4 rings (SSSR count). The Bertz CT molecular complexity index is 917. The number of aromatic amines is 1. The van der Waals surface area contributed by atoms with E-state index in [9.17, 15) is 9.59 Å². The van der Waals surface area contributed by atoms with E-state index in [0.29, 0.717) is 45.0 Å². The van der Waals surface area contributed by atoms with E-state index in [2.05, 4.69) is 15.5 Å². The molecule has 2 aliphatic rings. The van der Waals surface area contributed by atoms with Gasteiger partial charge in [0.15, 0.2) is 5.69 Å². The van der Waals surface area contributed by atoms with Crippen LogP contribution >= 0.6 is 0 Å². The summed E-state index contributed by atoms with van der Waals surface area (Å²) in [7, 11) is 1.62. The predicted octanol–water partition coefficient (Wildman–Crippen LogP) is 1.31. The molecule has 0 spiro atoms. The zero-order valence-corrected chi connectivity index (χ0v) is 16.8. The molecule has 3 heterocycles. The van der Waals surface area contributed by atoms with Gasteiger partial charge in [0, 0.05) is 37.3 Å². The fourth-order valence-electron chi connectivity index (χ4n) is 4.12. The van der Waals surface area contributed by atoms with Crippen LogP contribution in [0.4, 0.5) is 0 Å². The van der Waals surface area contributed by atoms with E-state index in [1.54, 1.807) is 12.0 Å². The van der Waals surface area contributed by atoms with Gasteiger partial charge in [-0.2, -0.15) is 5.10 Å². The summed E-state index contributed by atoms with van der Waals surface area (Å²) in [4.78, 5) is 27.6. The van der Waals surface area contributed by atoms with Crippen LogP contribution in [-0.4, -0.2) is 60.3 Å². The van der Waals surface area contributed by atoms with Crippen LogP contribution in [-0.2, 0) is 29.0 Å². The summed E-state index contributed by atoms with van der Waals surface area (Å²) in [6.07, 6.45) is 1.27. The summed E-state index contributed by atoms with van der Waals surface area (Å²) in [5, 5.41) is 10.1. The minimum atomic E-state index is -0.648. The molecule has 0 radical (unpaired) electrons. The Balaban J connectivity index is 1.52. The Morgan fingerprint density at radius 2 is 2.21 bits per heavy atom. The first-order valence-corrected chi connectivity index (χ1v) is 9.90. The number of benzene rings is 1. The number of carbonyl (C=O) groups excluding carboxylic acids is 2. The molecule has 2 aromatic rings. The maximum absolute atomic E-state index is 13.0. The molecular formula is C21H26N4O4. The van der Waals surface area contributed by atoms with Crippen LogP contribution in [0.5, 0.6) is 5.75 Å². The van der Waals surface area contributed by atoms with Crippen molar-refractivity contribution in [2.75, 3.05) is 33.4 Å². The van der Waals surface area contributed by atoms with E-state index >= 15 is 0 Å². The van der Waals surface area contributed by atoms with Crippen molar-refractivity contribution in [3.05, 3.63) is 46.8 Å². The molecule has 0 saturated carbocycles. The monoisotopic (exact) mass is 398 g/mol. The molecule has 0 unspecified atom stereocenters. The average Bonchev–Trinajstić information content (AvgIpc) is 3.14. The molecule has 0 aliphatic carbocycles. The average molecular weight is 398 g/mol. The minimum absolute atomic E-state index is 0.0285. The number of nitrogens with one attached hydrogen (secondary N) is 2. The standard InChI is InChI=1S/C21H26N4O4/c1-3-22-20(27)21(10-14-5-4-6-15(9-14)28-2)12-25(13-21)19(26)18-16-11-29-8-7-17(16)23-24-18/h4-6,9H,3,7-8,10-13H2,1-2H3,(H,22,27)(H,23,24). The van der Waals surface area contributed by atoms with Gasteiger partial charge in [0.1, 0.15) is 5.75 Å². The van der Waals surface area contributed by atoms with Crippen LogP contribution in [0.2, 0.25) is 0 Å². The van der Waals surface area contributed by atoms with E-state index < -0.39 is 5.41 Å². The number of hydrogen-bond acceptors (Lipinski definition) is 5. The van der Waals surface area contributed by atoms with Crippen LogP contribution in [0.1, 0.15) is 34.2 Å². The molecule has 8 heteroatoms. The first-order valence-electron chi connectivity index (χ1n) is 9.90. The van der Waals surface area contributed by atoms with E-state index in [1.807, 2.05) is 31.2 Å². The third-order valence-electron chi connectivity index (χ3n) is 5.67. The quantitative estimate of drug-likeness (QED) is 0.765. The van der Waals surface area contributed by atoms with Crippen molar-refractivity contribution in [1.82, 2.24) is 20.4 Å². The normalized spacial score (nSPS) is 17.2. The van der Waals surface area contributed by atoms with Crippen molar-refractivity contribution in [1.29, 1.82) is 0 Å². The molecule has 154 valence electrons. The van der Waals surface area contributed by atoms with Gasteiger partial charge >= 0.3 is 0 Å².